The predicted molar refractivity (Wildman–Crippen MR) is 90.1 cm³/mol. The molecule has 2 N–H and O–H groups in total. The molecule has 1 saturated carbocycles. The van der Waals surface area contributed by atoms with Crippen molar-refractivity contribution in [3.8, 4) is 0 Å². The lowest BCUT2D eigenvalue weighted by atomic mass is 9.87. The maximum atomic E-state index is 12.3. The van der Waals surface area contributed by atoms with Crippen molar-refractivity contribution in [2.45, 2.75) is 58.9 Å². The van der Waals surface area contributed by atoms with Gasteiger partial charge in [0.1, 0.15) is 0 Å². The Bertz CT molecular complexity index is 640. The minimum atomic E-state index is -0.537. The Morgan fingerprint density at radius 3 is 2.38 bits per heavy atom. The van der Waals surface area contributed by atoms with Crippen molar-refractivity contribution >= 4 is 17.7 Å². The number of aromatic amines is 1. The summed E-state index contributed by atoms with van der Waals surface area (Å²) in [6.45, 7) is 5.34. The summed E-state index contributed by atoms with van der Waals surface area (Å²) >= 11 is 0. The van der Waals surface area contributed by atoms with E-state index in [0.29, 0.717) is 22.9 Å². The first-order valence-electron chi connectivity index (χ1n) is 8.43. The second kappa shape index (κ2) is 7.64. The van der Waals surface area contributed by atoms with Crippen molar-refractivity contribution in [1.29, 1.82) is 0 Å². The third-order valence-corrected chi connectivity index (χ3v) is 4.79. The first-order chi connectivity index (χ1) is 11.3. The topological polar surface area (TPSA) is 88.3 Å². The second-order valence-corrected chi connectivity index (χ2v) is 6.73. The molecule has 0 unspecified atom stereocenters. The monoisotopic (exact) mass is 334 g/mol. The molecule has 24 heavy (non-hydrogen) atoms. The van der Waals surface area contributed by atoms with E-state index in [0.717, 1.165) is 25.7 Å². The summed E-state index contributed by atoms with van der Waals surface area (Å²) in [5, 5.41) is 3.03. The second-order valence-electron chi connectivity index (χ2n) is 6.73. The number of amides is 1. The maximum Gasteiger partial charge on any atom is 0.339 e. The number of Topliss-reactive ketones (excluding diaryl/α,β-unsaturated/α-hetero) is 1. The van der Waals surface area contributed by atoms with E-state index in [-0.39, 0.29) is 29.7 Å². The average molecular weight is 334 g/mol. The van der Waals surface area contributed by atoms with Crippen LogP contribution in [-0.2, 0) is 16.0 Å². The van der Waals surface area contributed by atoms with Crippen LogP contribution in [0.4, 0.5) is 0 Å². The van der Waals surface area contributed by atoms with Gasteiger partial charge in [0.15, 0.2) is 5.78 Å². The van der Waals surface area contributed by atoms with E-state index in [1.54, 1.807) is 6.92 Å². The van der Waals surface area contributed by atoms with Crippen LogP contribution in [-0.4, -0.2) is 35.8 Å². The van der Waals surface area contributed by atoms with Crippen LogP contribution in [0.15, 0.2) is 0 Å². The third-order valence-electron chi connectivity index (χ3n) is 4.79. The van der Waals surface area contributed by atoms with E-state index in [2.05, 4.69) is 17.2 Å². The van der Waals surface area contributed by atoms with Gasteiger partial charge < -0.3 is 15.0 Å². The summed E-state index contributed by atoms with van der Waals surface area (Å²) in [7, 11) is 1.29. The van der Waals surface area contributed by atoms with Gasteiger partial charge in [0.05, 0.1) is 24.8 Å². The Kier molecular flexibility index (Phi) is 5.80. The van der Waals surface area contributed by atoms with Gasteiger partial charge in [0.25, 0.3) is 0 Å². The minimum absolute atomic E-state index is 0.0323. The number of aromatic nitrogens is 1. The Hall–Kier alpha value is -2.11. The molecule has 1 aromatic rings. The molecule has 0 atom stereocenters. The Labute approximate surface area is 142 Å². The molecule has 0 saturated heterocycles. The summed E-state index contributed by atoms with van der Waals surface area (Å²) in [6, 6.07) is 0.193. The molecule has 1 aromatic heterocycles. The molecule has 132 valence electrons. The molecular formula is C18H26N2O4. The van der Waals surface area contributed by atoms with Crippen LogP contribution < -0.4 is 5.32 Å². The molecule has 2 rings (SSSR count). The molecule has 0 aliphatic heterocycles. The number of H-pyrrole nitrogens is 1. The van der Waals surface area contributed by atoms with Gasteiger partial charge in [-0.05, 0) is 44.1 Å². The lowest BCUT2D eigenvalue weighted by Gasteiger charge is -2.26. The molecule has 1 aliphatic rings. The van der Waals surface area contributed by atoms with Crippen LogP contribution in [0.5, 0.6) is 0 Å². The largest absolute Gasteiger partial charge is 0.465 e. The molecule has 6 nitrogen and oxygen atoms in total. The molecule has 0 aromatic carbocycles. The lowest BCUT2D eigenvalue weighted by Crippen LogP contribution is -2.38. The number of rotatable bonds is 5. The van der Waals surface area contributed by atoms with Gasteiger partial charge in [-0.15, -0.1) is 0 Å². The number of carbonyl (C=O) groups excluding carboxylic acids is 3. The number of ketones is 1. The number of nitrogens with one attached hydrogen (secondary N) is 2. The summed E-state index contributed by atoms with van der Waals surface area (Å²) < 4.78 is 4.79. The molecule has 0 bridgehead atoms. The molecule has 1 amide bonds. The van der Waals surface area contributed by atoms with Crippen molar-refractivity contribution in [2.75, 3.05) is 7.11 Å². The number of carbonyl (C=O) groups is 3. The summed E-state index contributed by atoms with van der Waals surface area (Å²) in [4.78, 5) is 39.0. The van der Waals surface area contributed by atoms with Gasteiger partial charge >= 0.3 is 5.97 Å². The Morgan fingerprint density at radius 2 is 1.83 bits per heavy atom. The zero-order chi connectivity index (χ0) is 17.9. The van der Waals surface area contributed by atoms with E-state index >= 15 is 0 Å². The highest BCUT2D eigenvalue weighted by atomic mass is 16.5. The minimum Gasteiger partial charge on any atom is -0.465 e. The highest BCUT2D eigenvalue weighted by Crippen LogP contribution is 2.24. The van der Waals surface area contributed by atoms with Crippen LogP contribution >= 0.6 is 0 Å². The van der Waals surface area contributed by atoms with E-state index < -0.39 is 5.97 Å². The highest BCUT2D eigenvalue weighted by molar-refractivity contribution is 6.01. The third kappa shape index (κ3) is 4.04. The highest BCUT2D eigenvalue weighted by Gasteiger charge is 2.25. The van der Waals surface area contributed by atoms with Crippen molar-refractivity contribution in [2.24, 2.45) is 5.92 Å². The van der Waals surface area contributed by atoms with E-state index in [1.807, 2.05) is 0 Å². The van der Waals surface area contributed by atoms with Crippen molar-refractivity contribution < 1.29 is 19.1 Å². The average Bonchev–Trinajstić information content (AvgIpc) is 2.85. The van der Waals surface area contributed by atoms with Gasteiger partial charge in [0, 0.05) is 18.7 Å². The predicted octanol–water partition coefficient (Wildman–Crippen LogP) is 2.55. The van der Waals surface area contributed by atoms with Gasteiger partial charge in [-0.3, -0.25) is 9.59 Å². The molecule has 1 fully saturated rings. The zero-order valence-corrected chi connectivity index (χ0v) is 14.8. The summed E-state index contributed by atoms with van der Waals surface area (Å²) in [5.74, 6) is -0.138. The molecule has 0 radical (unpaired) electrons. The molecular weight excluding hydrogens is 308 g/mol. The number of methoxy groups -OCH3 is 1. The maximum absolute atomic E-state index is 12.3. The lowest BCUT2D eigenvalue weighted by molar-refractivity contribution is -0.121. The number of hydrogen-bond acceptors (Lipinski definition) is 4. The fourth-order valence-corrected chi connectivity index (χ4v) is 3.37. The fourth-order valence-electron chi connectivity index (χ4n) is 3.37. The van der Waals surface area contributed by atoms with Gasteiger partial charge in [-0.2, -0.15) is 0 Å². The van der Waals surface area contributed by atoms with Crippen molar-refractivity contribution in [1.82, 2.24) is 10.3 Å². The van der Waals surface area contributed by atoms with Gasteiger partial charge in [0.2, 0.25) is 5.91 Å². The number of hydrogen-bond donors (Lipinski definition) is 2. The van der Waals surface area contributed by atoms with E-state index in [9.17, 15) is 14.4 Å². The molecule has 6 heteroatoms. The molecule has 1 heterocycles. The normalized spacial score (nSPS) is 20.5. The molecule has 1 aliphatic carbocycles. The van der Waals surface area contributed by atoms with Crippen molar-refractivity contribution in [3.63, 3.8) is 0 Å². The number of ether oxygens (including phenoxy) is 1. The molecule has 0 spiro atoms. The first-order valence-corrected chi connectivity index (χ1v) is 8.43. The SMILES string of the molecule is COC(=O)c1c(CC(=O)NC2CCC(C)CC2)[nH]c(C(C)=O)c1C. The van der Waals surface area contributed by atoms with Gasteiger partial charge in [-0.1, -0.05) is 6.92 Å². The van der Waals surface area contributed by atoms with E-state index in [1.165, 1.54) is 14.0 Å². The smallest absolute Gasteiger partial charge is 0.339 e. The Balaban J connectivity index is 2.13. The van der Waals surface area contributed by atoms with Crippen LogP contribution in [0.25, 0.3) is 0 Å². The summed E-state index contributed by atoms with van der Waals surface area (Å²) in [6.07, 6.45) is 4.24. The van der Waals surface area contributed by atoms with Crippen molar-refractivity contribution in [3.05, 3.63) is 22.5 Å². The standard InChI is InChI=1S/C18H26N2O4/c1-10-5-7-13(8-6-10)19-15(22)9-14-16(18(23)24-4)11(2)17(20-14)12(3)21/h10,13,20H,5-9H2,1-4H3,(H,19,22). The number of esters is 1. The fraction of sp³-hybridized carbons (Fsp3) is 0.611. The van der Waals surface area contributed by atoms with Gasteiger partial charge in [-0.25, -0.2) is 4.79 Å². The first kappa shape index (κ1) is 18.2. The Morgan fingerprint density at radius 1 is 1.21 bits per heavy atom. The zero-order valence-electron chi connectivity index (χ0n) is 14.8. The summed E-state index contributed by atoms with van der Waals surface area (Å²) in [5.41, 5.74) is 1.61. The van der Waals surface area contributed by atoms with E-state index in [4.69, 9.17) is 4.74 Å². The van der Waals surface area contributed by atoms with Crippen LogP contribution in [0.3, 0.4) is 0 Å². The van der Waals surface area contributed by atoms with Crippen LogP contribution in [0.1, 0.15) is 71.6 Å². The quantitative estimate of drug-likeness (QED) is 0.640. The van der Waals surface area contributed by atoms with Crippen LogP contribution in [0, 0.1) is 12.8 Å². The van der Waals surface area contributed by atoms with Crippen LogP contribution in [0.2, 0.25) is 0 Å².